The smallest absolute Gasteiger partial charge is 0.221 e. The summed E-state index contributed by atoms with van der Waals surface area (Å²) in [5.74, 6) is 0.895. The summed E-state index contributed by atoms with van der Waals surface area (Å²) in [5.41, 5.74) is 17.5. The van der Waals surface area contributed by atoms with E-state index >= 15 is 0 Å². The van der Waals surface area contributed by atoms with E-state index in [-0.39, 0.29) is 5.95 Å². The van der Waals surface area contributed by atoms with Crippen molar-refractivity contribution in [3.8, 4) is 0 Å². The number of aromatic nitrogens is 2. The van der Waals surface area contributed by atoms with Gasteiger partial charge in [0.25, 0.3) is 0 Å². The highest BCUT2D eigenvalue weighted by Gasteiger charge is 2.18. The van der Waals surface area contributed by atoms with Gasteiger partial charge in [0.2, 0.25) is 5.95 Å². The van der Waals surface area contributed by atoms with E-state index in [1.807, 2.05) is 30.3 Å². The van der Waals surface area contributed by atoms with E-state index in [0.29, 0.717) is 12.4 Å². The second-order valence-corrected chi connectivity index (χ2v) is 5.59. The number of hydrogen-bond acceptors (Lipinski definition) is 6. The Hall–Kier alpha value is -3.41. The molecule has 3 aromatic rings. The number of benzene rings is 2. The van der Waals surface area contributed by atoms with Crippen LogP contribution in [0.3, 0.4) is 0 Å². The molecule has 0 aliphatic carbocycles. The molecule has 1 aromatic heterocycles. The molecule has 0 saturated heterocycles. The molecule has 0 amide bonds. The van der Waals surface area contributed by atoms with Gasteiger partial charge in [0.1, 0.15) is 5.82 Å². The third-order valence-electron chi connectivity index (χ3n) is 3.88. The lowest BCUT2D eigenvalue weighted by Gasteiger charge is -2.10. The molecule has 0 spiro atoms. The molecular weight excluding hydrogens is 300 g/mol. The number of aliphatic imine (C=N–C) groups is 1. The maximum Gasteiger partial charge on any atom is 0.221 e. The van der Waals surface area contributed by atoms with Crippen molar-refractivity contribution in [3.05, 3.63) is 71.4 Å². The van der Waals surface area contributed by atoms with Crippen molar-refractivity contribution in [1.82, 2.24) is 9.97 Å². The summed E-state index contributed by atoms with van der Waals surface area (Å²) >= 11 is 0. The molecule has 1 aliphatic heterocycles. The third-order valence-corrected chi connectivity index (χ3v) is 3.88. The Balaban J connectivity index is 1.68. The van der Waals surface area contributed by atoms with E-state index in [0.717, 1.165) is 28.2 Å². The normalized spacial score (nSPS) is 12.6. The Kier molecular flexibility index (Phi) is 3.35. The fourth-order valence-corrected chi connectivity index (χ4v) is 2.79. The van der Waals surface area contributed by atoms with Crippen molar-refractivity contribution in [1.29, 1.82) is 0 Å². The maximum atomic E-state index is 5.90. The number of nitrogens with two attached hydrogens (primary N) is 2. The lowest BCUT2D eigenvalue weighted by atomic mass is 9.99. The molecule has 6 nitrogen and oxygen atoms in total. The van der Waals surface area contributed by atoms with Crippen molar-refractivity contribution >= 4 is 28.9 Å². The highest BCUT2D eigenvalue weighted by Crippen LogP contribution is 2.27. The van der Waals surface area contributed by atoms with Gasteiger partial charge in [0.15, 0.2) is 0 Å². The van der Waals surface area contributed by atoms with Gasteiger partial charge in [-0.1, -0.05) is 18.2 Å². The fourth-order valence-electron chi connectivity index (χ4n) is 2.79. The zero-order valence-corrected chi connectivity index (χ0v) is 12.9. The lowest BCUT2D eigenvalue weighted by Crippen LogP contribution is -2.03. The van der Waals surface area contributed by atoms with Crippen molar-refractivity contribution in [2.75, 3.05) is 16.8 Å². The third kappa shape index (κ3) is 2.65. The van der Waals surface area contributed by atoms with Gasteiger partial charge in [-0.15, -0.1) is 0 Å². The maximum absolute atomic E-state index is 5.90. The minimum Gasteiger partial charge on any atom is -0.399 e. The van der Waals surface area contributed by atoms with Gasteiger partial charge in [0, 0.05) is 28.7 Å². The summed E-state index contributed by atoms with van der Waals surface area (Å²) in [5, 5.41) is 3.25. The second-order valence-electron chi connectivity index (χ2n) is 5.59. The fraction of sp³-hybridized carbons (Fsp3) is 0.0556. The van der Waals surface area contributed by atoms with Gasteiger partial charge in [-0.25, -0.2) is 4.98 Å². The average Bonchev–Trinajstić information content (AvgIpc) is 2.98. The van der Waals surface area contributed by atoms with E-state index in [4.69, 9.17) is 11.5 Å². The summed E-state index contributed by atoms with van der Waals surface area (Å²) < 4.78 is 0. The summed E-state index contributed by atoms with van der Waals surface area (Å²) in [7, 11) is 0. The minimum absolute atomic E-state index is 0.239. The van der Waals surface area contributed by atoms with Crippen LogP contribution < -0.4 is 16.8 Å². The molecule has 5 N–H and O–H groups in total. The topological polar surface area (TPSA) is 102 Å². The van der Waals surface area contributed by atoms with Crippen LogP contribution in [0.5, 0.6) is 0 Å². The van der Waals surface area contributed by atoms with Crippen LogP contribution in [0.1, 0.15) is 16.7 Å². The van der Waals surface area contributed by atoms with Crippen molar-refractivity contribution < 1.29 is 0 Å². The molecule has 2 aromatic carbocycles. The lowest BCUT2D eigenvalue weighted by molar-refractivity contribution is 1.11. The number of nitrogens with zero attached hydrogens (tertiary/aromatic N) is 3. The van der Waals surface area contributed by atoms with E-state index < -0.39 is 0 Å². The van der Waals surface area contributed by atoms with Gasteiger partial charge in [-0.3, -0.25) is 4.99 Å². The van der Waals surface area contributed by atoms with Crippen LogP contribution in [0.25, 0.3) is 0 Å². The van der Waals surface area contributed by atoms with E-state index in [2.05, 4.69) is 32.4 Å². The largest absolute Gasteiger partial charge is 0.399 e. The Labute approximate surface area is 139 Å². The van der Waals surface area contributed by atoms with Crippen LogP contribution in [0, 0.1) is 0 Å². The second kappa shape index (κ2) is 5.66. The zero-order valence-electron chi connectivity index (χ0n) is 12.9. The Morgan fingerprint density at radius 1 is 1.00 bits per heavy atom. The zero-order chi connectivity index (χ0) is 16.5. The number of hydrogen-bond donors (Lipinski definition) is 3. The van der Waals surface area contributed by atoms with Crippen molar-refractivity contribution in [2.45, 2.75) is 6.54 Å². The highest BCUT2D eigenvalue weighted by atomic mass is 15.1. The quantitative estimate of drug-likeness (QED) is 0.645. The predicted octanol–water partition coefficient (Wildman–Crippen LogP) is 2.74. The first-order valence-corrected chi connectivity index (χ1v) is 7.58. The summed E-state index contributed by atoms with van der Waals surface area (Å²) in [6, 6.07) is 15.7. The van der Waals surface area contributed by atoms with Gasteiger partial charge < -0.3 is 16.8 Å². The van der Waals surface area contributed by atoms with Gasteiger partial charge in [0.05, 0.1) is 12.3 Å². The van der Waals surface area contributed by atoms with Crippen molar-refractivity contribution in [2.24, 2.45) is 4.99 Å². The van der Waals surface area contributed by atoms with Crippen LogP contribution in [-0.4, -0.2) is 15.7 Å². The molecule has 6 heteroatoms. The molecule has 0 bridgehead atoms. The molecule has 0 fully saturated rings. The first kappa shape index (κ1) is 14.2. The molecule has 0 unspecified atom stereocenters. The van der Waals surface area contributed by atoms with E-state index in [1.165, 1.54) is 5.56 Å². The van der Waals surface area contributed by atoms with Crippen LogP contribution in [0.2, 0.25) is 0 Å². The molecule has 24 heavy (non-hydrogen) atoms. The van der Waals surface area contributed by atoms with Crippen LogP contribution >= 0.6 is 0 Å². The SMILES string of the molecule is Nc1cccc(C2=NCc3ccc(Nc4ccnc(N)n4)cc32)c1. The van der Waals surface area contributed by atoms with Gasteiger partial charge >= 0.3 is 0 Å². The number of nitrogens with one attached hydrogen (secondary N) is 1. The minimum atomic E-state index is 0.239. The molecule has 0 saturated carbocycles. The Bertz CT molecular complexity index is 948. The first-order valence-electron chi connectivity index (χ1n) is 7.58. The monoisotopic (exact) mass is 316 g/mol. The highest BCUT2D eigenvalue weighted by molar-refractivity contribution is 6.15. The van der Waals surface area contributed by atoms with E-state index in [9.17, 15) is 0 Å². The van der Waals surface area contributed by atoms with Gasteiger partial charge in [-0.2, -0.15) is 4.98 Å². The molecule has 118 valence electrons. The summed E-state index contributed by atoms with van der Waals surface area (Å²) in [6.07, 6.45) is 1.62. The van der Waals surface area contributed by atoms with Crippen LogP contribution in [0.4, 0.5) is 23.1 Å². The first-order chi connectivity index (χ1) is 11.7. The Morgan fingerprint density at radius 3 is 2.75 bits per heavy atom. The predicted molar refractivity (Wildman–Crippen MR) is 96.4 cm³/mol. The summed E-state index contributed by atoms with van der Waals surface area (Å²) in [6.45, 7) is 0.681. The summed E-state index contributed by atoms with van der Waals surface area (Å²) in [4.78, 5) is 12.7. The van der Waals surface area contributed by atoms with E-state index in [1.54, 1.807) is 12.3 Å². The number of fused-ring (bicyclic) bond motifs is 1. The van der Waals surface area contributed by atoms with Crippen molar-refractivity contribution in [3.63, 3.8) is 0 Å². The van der Waals surface area contributed by atoms with Gasteiger partial charge in [-0.05, 0) is 35.9 Å². The number of anilines is 4. The molecule has 0 radical (unpaired) electrons. The number of nitrogen functional groups attached to an aromatic ring is 2. The standard InChI is InChI=1S/C18H16N6/c19-13-3-1-2-11(8-13)17-15-9-14(5-4-12(15)10-22-17)23-16-6-7-21-18(20)24-16/h1-9H,10,19H2,(H3,20,21,23,24). The molecule has 0 atom stereocenters. The molecule has 4 rings (SSSR count). The van der Waals surface area contributed by atoms with Crippen LogP contribution in [-0.2, 0) is 6.54 Å². The Morgan fingerprint density at radius 2 is 1.92 bits per heavy atom. The molecule has 2 heterocycles. The van der Waals surface area contributed by atoms with Crippen LogP contribution in [0.15, 0.2) is 59.7 Å². The average molecular weight is 316 g/mol. The molecule has 1 aliphatic rings. The molecular formula is C18H16N6. The number of rotatable bonds is 3.